The van der Waals surface area contributed by atoms with Crippen molar-refractivity contribution in [1.29, 1.82) is 0 Å². The molecule has 1 saturated heterocycles. The van der Waals surface area contributed by atoms with Gasteiger partial charge in [-0.1, -0.05) is 11.6 Å². The van der Waals surface area contributed by atoms with E-state index in [4.69, 9.17) is 17.3 Å². The number of nitrogen functional groups attached to an aromatic ring is 1. The van der Waals surface area contributed by atoms with Crippen LogP contribution in [-0.2, 0) is 0 Å². The van der Waals surface area contributed by atoms with Gasteiger partial charge in [0, 0.05) is 23.8 Å². The van der Waals surface area contributed by atoms with Gasteiger partial charge in [-0.25, -0.2) is 0 Å². The first-order valence-electron chi connectivity index (χ1n) is 6.22. The SMILES string of the molecule is Nc1cc(Cl)ccc1C(=O)NCCN1CCCC1. The van der Waals surface area contributed by atoms with Crippen LogP contribution in [0.4, 0.5) is 5.69 Å². The molecule has 0 aliphatic carbocycles. The number of likely N-dealkylation sites (tertiary alicyclic amines) is 1. The monoisotopic (exact) mass is 267 g/mol. The molecule has 3 N–H and O–H groups in total. The lowest BCUT2D eigenvalue weighted by atomic mass is 10.1. The van der Waals surface area contributed by atoms with E-state index in [0.717, 1.165) is 19.6 Å². The fraction of sp³-hybridized carbons (Fsp3) is 0.462. The third-order valence-corrected chi connectivity index (χ3v) is 3.41. The zero-order valence-corrected chi connectivity index (χ0v) is 11.0. The van der Waals surface area contributed by atoms with Gasteiger partial charge in [-0.2, -0.15) is 0 Å². The second kappa shape index (κ2) is 6.07. The molecule has 0 aromatic heterocycles. The van der Waals surface area contributed by atoms with Crippen molar-refractivity contribution in [2.45, 2.75) is 12.8 Å². The number of nitrogens with zero attached hydrogens (tertiary/aromatic N) is 1. The second-order valence-corrected chi connectivity index (χ2v) is 4.97. The molecule has 2 rings (SSSR count). The zero-order valence-electron chi connectivity index (χ0n) is 10.3. The van der Waals surface area contributed by atoms with Crippen LogP contribution < -0.4 is 11.1 Å². The normalized spacial score (nSPS) is 15.8. The Hall–Kier alpha value is -1.26. The molecule has 1 aromatic carbocycles. The van der Waals surface area contributed by atoms with E-state index in [1.165, 1.54) is 12.8 Å². The smallest absolute Gasteiger partial charge is 0.253 e. The summed E-state index contributed by atoms with van der Waals surface area (Å²) in [5.41, 5.74) is 6.67. The third-order valence-electron chi connectivity index (χ3n) is 3.17. The molecule has 1 aliphatic rings. The van der Waals surface area contributed by atoms with Crippen LogP contribution in [0.15, 0.2) is 18.2 Å². The predicted octanol–water partition coefficient (Wildman–Crippen LogP) is 1.75. The Balaban J connectivity index is 1.83. The van der Waals surface area contributed by atoms with Crippen molar-refractivity contribution in [3.63, 3.8) is 0 Å². The Bertz CT molecular complexity index is 430. The molecule has 0 bridgehead atoms. The molecule has 4 nitrogen and oxygen atoms in total. The van der Waals surface area contributed by atoms with Gasteiger partial charge in [-0.15, -0.1) is 0 Å². The molecular formula is C13H18ClN3O. The molecule has 0 unspecified atom stereocenters. The number of carbonyl (C=O) groups excluding carboxylic acids is 1. The van der Waals surface area contributed by atoms with Crippen molar-refractivity contribution in [1.82, 2.24) is 10.2 Å². The number of benzene rings is 1. The van der Waals surface area contributed by atoms with Crippen LogP contribution in [0.25, 0.3) is 0 Å². The average molecular weight is 268 g/mol. The lowest BCUT2D eigenvalue weighted by Crippen LogP contribution is -2.33. The van der Waals surface area contributed by atoms with Crippen molar-refractivity contribution >= 4 is 23.2 Å². The molecule has 1 fully saturated rings. The maximum atomic E-state index is 11.9. The Morgan fingerprint density at radius 3 is 2.78 bits per heavy atom. The van der Waals surface area contributed by atoms with Crippen molar-refractivity contribution < 1.29 is 4.79 Å². The lowest BCUT2D eigenvalue weighted by Gasteiger charge is -2.15. The number of hydrogen-bond donors (Lipinski definition) is 2. The summed E-state index contributed by atoms with van der Waals surface area (Å²) >= 11 is 5.79. The highest BCUT2D eigenvalue weighted by molar-refractivity contribution is 6.31. The van der Waals surface area contributed by atoms with Crippen LogP contribution in [-0.4, -0.2) is 37.0 Å². The first-order valence-corrected chi connectivity index (χ1v) is 6.60. The zero-order chi connectivity index (χ0) is 13.0. The summed E-state index contributed by atoms with van der Waals surface area (Å²) in [6.07, 6.45) is 2.52. The standard InChI is InChI=1S/C13H18ClN3O/c14-10-3-4-11(12(15)9-10)13(18)16-5-8-17-6-1-2-7-17/h3-4,9H,1-2,5-8,15H2,(H,16,18). The van der Waals surface area contributed by atoms with Crippen LogP contribution >= 0.6 is 11.6 Å². The van der Waals surface area contributed by atoms with E-state index in [1.807, 2.05) is 0 Å². The van der Waals surface area contributed by atoms with Crippen LogP contribution in [0.1, 0.15) is 23.2 Å². The molecular weight excluding hydrogens is 250 g/mol. The first kappa shape index (κ1) is 13.2. The molecule has 5 heteroatoms. The summed E-state index contributed by atoms with van der Waals surface area (Å²) in [7, 11) is 0. The first-order chi connectivity index (χ1) is 8.66. The largest absolute Gasteiger partial charge is 0.398 e. The molecule has 98 valence electrons. The van der Waals surface area contributed by atoms with Crippen molar-refractivity contribution in [3.05, 3.63) is 28.8 Å². The maximum Gasteiger partial charge on any atom is 0.253 e. The summed E-state index contributed by atoms with van der Waals surface area (Å²) in [4.78, 5) is 14.3. The number of hydrogen-bond acceptors (Lipinski definition) is 3. The summed E-state index contributed by atoms with van der Waals surface area (Å²) in [6.45, 7) is 3.83. The van der Waals surface area contributed by atoms with Gasteiger partial charge in [0.2, 0.25) is 0 Å². The number of carbonyl (C=O) groups is 1. The minimum absolute atomic E-state index is 0.136. The van der Waals surface area contributed by atoms with Gasteiger partial charge < -0.3 is 16.0 Å². The Kier molecular flexibility index (Phi) is 4.44. The molecule has 0 radical (unpaired) electrons. The fourth-order valence-electron chi connectivity index (χ4n) is 2.17. The van der Waals surface area contributed by atoms with E-state index in [1.54, 1.807) is 18.2 Å². The third kappa shape index (κ3) is 3.37. The minimum atomic E-state index is -0.136. The van der Waals surface area contributed by atoms with Crippen molar-refractivity contribution in [2.75, 3.05) is 31.9 Å². The van der Waals surface area contributed by atoms with Crippen LogP contribution in [0.5, 0.6) is 0 Å². The number of nitrogens with one attached hydrogen (secondary N) is 1. The van der Waals surface area contributed by atoms with E-state index in [0.29, 0.717) is 22.8 Å². The molecule has 0 atom stereocenters. The summed E-state index contributed by atoms with van der Waals surface area (Å²) in [5.74, 6) is -0.136. The molecule has 18 heavy (non-hydrogen) atoms. The Morgan fingerprint density at radius 2 is 2.11 bits per heavy atom. The highest BCUT2D eigenvalue weighted by Gasteiger charge is 2.13. The Morgan fingerprint density at radius 1 is 1.39 bits per heavy atom. The highest BCUT2D eigenvalue weighted by Crippen LogP contribution is 2.17. The molecule has 0 saturated carbocycles. The number of halogens is 1. The number of anilines is 1. The van der Waals surface area contributed by atoms with Gasteiger partial charge in [-0.3, -0.25) is 4.79 Å². The van der Waals surface area contributed by atoms with Crippen LogP contribution in [0.2, 0.25) is 5.02 Å². The lowest BCUT2D eigenvalue weighted by molar-refractivity contribution is 0.0950. The second-order valence-electron chi connectivity index (χ2n) is 4.54. The maximum absolute atomic E-state index is 11.9. The predicted molar refractivity (Wildman–Crippen MR) is 73.9 cm³/mol. The molecule has 0 spiro atoms. The van der Waals surface area contributed by atoms with Gasteiger partial charge >= 0.3 is 0 Å². The van der Waals surface area contributed by atoms with E-state index < -0.39 is 0 Å². The van der Waals surface area contributed by atoms with Crippen LogP contribution in [0, 0.1) is 0 Å². The minimum Gasteiger partial charge on any atom is -0.398 e. The summed E-state index contributed by atoms with van der Waals surface area (Å²) in [6, 6.07) is 4.92. The van der Waals surface area contributed by atoms with Crippen molar-refractivity contribution in [3.8, 4) is 0 Å². The van der Waals surface area contributed by atoms with E-state index >= 15 is 0 Å². The molecule has 1 amide bonds. The van der Waals surface area contributed by atoms with E-state index in [9.17, 15) is 4.79 Å². The van der Waals surface area contributed by atoms with Gasteiger partial charge in [0.15, 0.2) is 0 Å². The quantitative estimate of drug-likeness (QED) is 0.817. The van der Waals surface area contributed by atoms with Crippen LogP contribution in [0.3, 0.4) is 0 Å². The summed E-state index contributed by atoms with van der Waals surface area (Å²) < 4.78 is 0. The summed E-state index contributed by atoms with van der Waals surface area (Å²) in [5, 5.41) is 3.43. The van der Waals surface area contributed by atoms with E-state index in [-0.39, 0.29) is 5.91 Å². The van der Waals surface area contributed by atoms with Gasteiger partial charge in [0.25, 0.3) is 5.91 Å². The molecule has 1 aliphatic heterocycles. The highest BCUT2D eigenvalue weighted by atomic mass is 35.5. The van der Waals surface area contributed by atoms with Gasteiger partial charge in [0.1, 0.15) is 0 Å². The van der Waals surface area contributed by atoms with Gasteiger partial charge in [0.05, 0.1) is 5.56 Å². The number of nitrogens with two attached hydrogens (primary N) is 1. The topological polar surface area (TPSA) is 58.4 Å². The number of amides is 1. The average Bonchev–Trinajstić information content (AvgIpc) is 2.81. The van der Waals surface area contributed by atoms with Crippen molar-refractivity contribution in [2.24, 2.45) is 0 Å². The Labute approximate surface area is 112 Å². The van der Waals surface area contributed by atoms with Gasteiger partial charge in [-0.05, 0) is 44.1 Å². The van der Waals surface area contributed by atoms with E-state index in [2.05, 4.69) is 10.2 Å². The fourth-order valence-corrected chi connectivity index (χ4v) is 2.35. The number of rotatable bonds is 4. The molecule has 1 aromatic rings. The molecule has 1 heterocycles.